The summed E-state index contributed by atoms with van der Waals surface area (Å²) in [6, 6.07) is 21.6. The quantitative estimate of drug-likeness (QED) is 0.508. The zero-order chi connectivity index (χ0) is 20.4. The lowest BCUT2D eigenvalue weighted by Crippen LogP contribution is -2.28. The fourth-order valence-corrected chi connectivity index (χ4v) is 4.56. The molecule has 0 saturated carbocycles. The maximum Gasteiger partial charge on any atom is 0.271 e. The van der Waals surface area contributed by atoms with Crippen molar-refractivity contribution in [1.29, 1.82) is 0 Å². The predicted octanol–water partition coefficient (Wildman–Crippen LogP) is 5.93. The van der Waals surface area contributed by atoms with Gasteiger partial charge in [-0.3, -0.25) is 9.69 Å². The summed E-state index contributed by atoms with van der Waals surface area (Å²) in [4.78, 5) is 20.5. The number of rotatable bonds is 4. The van der Waals surface area contributed by atoms with E-state index in [2.05, 4.69) is 31.4 Å². The van der Waals surface area contributed by atoms with E-state index in [1.165, 1.54) is 23.1 Å². The lowest BCUT2D eigenvalue weighted by Gasteiger charge is -2.15. The average Bonchev–Trinajstić information content (AvgIpc) is 3.18. The molecule has 0 spiro atoms. The highest BCUT2D eigenvalue weighted by Gasteiger charge is 2.34. The number of aromatic nitrogens is 1. The summed E-state index contributed by atoms with van der Waals surface area (Å²) >= 11 is 1.42. The van der Waals surface area contributed by atoms with E-state index in [9.17, 15) is 4.79 Å². The largest absolute Gasteiger partial charge is 0.349 e. The molecule has 1 aromatic heterocycles. The number of anilines is 1. The smallest absolute Gasteiger partial charge is 0.271 e. The number of hydrogen-bond acceptors (Lipinski definition) is 3. The highest BCUT2D eigenvalue weighted by molar-refractivity contribution is 8.19. The number of amidine groups is 1. The van der Waals surface area contributed by atoms with Gasteiger partial charge in [-0.2, -0.15) is 0 Å². The van der Waals surface area contributed by atoms with Crippen molar-refractivity contribution in [2.24, 2.45) is 4.99 Å². The van der Waals surface area contributed by atoms with Gasteiger partial charge in [0, 0.05) is 17.9 Å². The van der Waals surface area contributed by atoms with E-state index in [0.29, 0.717) is 10.1 Å². The number of aryl methyl sites for hydroxylation is 1. The number of para-hydroxylation sites is 2. The second kappa shape index (κ2) is 8.13. The minimum atomic E-state index is -0.0443. The van der Waals surface area contributed by atoms with E-state index in [-0.39, 0.29) is 5.91 Å². The summed E-state index contributed by atoms with van der Waals surface area (Å²) in [5.74, 6) is -0.0443. The van der Waals surface area contributed by atoms with Crippen molar-refractivity contribution in [2.45, 2.75) is 27.3 Å². The van der Waals surface area contributed by atoms with Gasteiger partial charge >= 0.3 is 0 Å². The number of thioether (sulfide) groups is 1. The maximum absolute atomic E-state index is 13.3. The van der Waals surface area contributed by atoms with Gasteiger partial charge in [0.05, 0.1) is 16.3 Å². The number of carbonyl (C=O) groups excluding carboxylic acids is 1. The first-order chi connectivity index (χ1) is 14.1. The molecule has 1 saturated heterocycles. The maximum atomic E-state index is 13.3. The Morgan fingerprint density at radius 2 is 1.66 bits per heavy atom. The van der Waals surface area contributed by atoms with E-state index < -0.39 is 0 Å². The van der Waals surface area contributed by atoms with Crippen LogP contribution in [0.4, 0.5) is 11.4 Å². The molecule has 1 amide bonds. The second-order valence-electron chi connectivity index (χ2n) is 6.89. The van der Waals surface area contributed by atoms with Crippen LogP contribution in [0.5, 0.6) is 0 Å². The summed E-state index contributed by atoms with van der Waals surface area (Å²) in [6.45, 7) is 7.24. The number of carbonyl (C=O) groups is 1. The van der Waals surface area contributed by atoms with E-state index in [1.807, 2.05) is 66.7 Å². The van der Waals surface area contributed by atoms with Crippen LogP contribution in [0, 0.1) is 13.8 Å². The highest BCUT2D eigenvalue weighted by atomic mass is 32.2. The zero-order valence-corrected chi connectivity index (χ0v) is 17.6. The number of amides is 1. The summed E-state index contributed by atoms with van der Waals surface area (Å²) in [5.41, 5.74) is 5.10. The molecule has 0 N–H and O–H groups in total. The second-order valence-corrected chi connectivity index (χ2v) is 7.90. The first-order valence-electron chi connectivity index (χ1n) is 9.68. The van der Waals surface area contributed by atoms with E-state index in [1.54, 1.807) is 4.90 Å². The molecule has 4 nitrogen and oxygen atoms in total. The van der Waals surface area contributed by atoms with E-state index in [4.69, 9.17) is 4.99 Å². The Morgan fingerprint density at radius 1 is 1.00 bits per heavy atom. The Kier molecular flexibility index (Phi) is 5.41. The molecule has 29 heavy (non-hydrogen) atoms. The van der Waals surface area contributed by atoms with Crippen LogP contribution in [-0.2, 0) is 11.3 Å². The average molecular weight is 402 g/mol. The Labute approximate surface area is 175 Å². The van der Waals surface area contributed by atoms with Crippen LogP contribution in [0.25, 0.3) is 6.08 Å². The molecule has 2 heterocycles. The van der Waals surface area contributed by atoms with Crippen LogP contribution in [0.15, 0.2) is 76.6 Å². The molecule has 2 aromatic carbocycles. The van der Waals surface area contributed by atoms with Gasteiger partial charge in [0.25, 0.3) is 5.91 Å². The first kappa shape index (κ1) is 19.3. The van der Waals surface area contributed by atoms with Crippen LogP contribution >= 0.6 is 11.8 Å². The summed E-state index contributed by atoms with van der Waals surface area (Å²) in [5, 5.41) is 0.669. The standard InChI is InChI=1S/C24H23N3OS/c1-4-26-17(2)15-19(18(26)3)16-22-23(28)27(21-13-9-6-10-14-21)24(29-22)25-20-11-7-5-8-12-20/h5-16H,4H2,1-3H3/b22-16-,25-24?. The van der Waals surface area contributed by atoms with Crippen LogP contribution in [0.3, 0.4) is 0 Å². The van der Waals surface area contributed by atoms with Gasteiger partial charge in [-0.1, -0.05) is 36.4 Å². The topological polar surface area (TPSA) is 37.6 Å². The fraction of sp³-hybridized carbons (Fsp3) is 0.167. The van der Waals surface area contributed by atoms with Gasteiger partial charge in [0.1, 0.15) is 0 Å². The summed E-state index contributed by atoms with van der Waals surface area (Å²) < 4.78 is 2.25. The van der Waals surface area contributed by atoms with Gasteiger partial charge in [-0.15, -0.1) is 0 Å². The van der Waals surface area contributed by atoms with Crippen LogP contribution < -0.4 is 4.90 Å². The molecule has 5 heteroatoms. The molecule has 0 unspecified atom stereocenters. The first-order valence-corrected chi connectivity index (χ1v) is 10.5. The van der Waals surface area contributed by atoms with E-state index in [0.717, 1.165) is 23.5 Å². The minimum Gasteiger partial charge on any atom is -0.349 e. The Morgan fingerprint density at radius 3 is 2.28 bits per heavy atom. The predicted molar refractivity (Wildman–Crippen MR) is 123 cm³/mol. The van der Waals surface area contributed by atoms with Crippen molar-refractivity contribution in [2.75, 3.05) is 4.90 Å². The normalized spacial score (nSPS) is 16.9. The van der Waals surface area contributed by atoms with Gasteiger partial charge in [0.2, 0.25) is 0 Å². The Bertz CT molecular complexity index is 1100. The summed E-state index contributed by atoms with van der Waals surface area (Å²) in [6.07, 6.45) is 1.99. The van der Waals surface area contributed by atoms with Gasteiger partial charge in [0.15, 0.2) is 5.17 Å². The molecule has 146 valence electrons. The monoisotopic (exact) mass is 401 g/mol. The van der Waals surface area contributed by atoms with Crippen molar-refractivity contribution >= 4 is 40.3 Å². The zero-order valence-electron chi connectivity index (χ0n) is 16.8. The molecule has 0 atom stereocenters. The third kappa shape index (κ3) is 3.78. The van der Waals surface area contributed by atoms with Crippen molar-refractivity contribution in [3.8, 4) is 0 Å². The Hall–Kier alpha value is -3.05. The van der Waals surface area contributed by atoms with Crippen LogP contribution in [-0.4, -0.2) is 15.6 Å². The third-order valence-corrected chi connectivity index (χ3v) is 5.99. The molecule has 0 aliphatic carbocycles. The SMILES string of the molecule is CCn1c(C)cc(/C=C2\SC(=Nc3ccccc3)N(c3ccccc3)C2=O)c1C. The number of aliphatic imine (C=N–C) groups is 1. The lowest BCUT2D eigenvalue weighted by atomic mass is 10.2. The molecule has 0 bridgehead atoms. The third-order valence-electron chi connectivity index (χ3n) is 5.02. The molecule has 1 aliphatic rings. The van der Waals surface area contributed by atoms with Crippen molar-refractivity contribution in [1.82, 2.24) is 4.57 Å². The molecule has 0 radical (unpaired) electrons. The van der Waals surface area contributed by atoms with Crippen LogP contribution in [0.1, 0.15) is 23.9 Å². The number of nitrogens with zero attached hydrogens (tertiary/aromatic N) is 3. The van der Waals surface area contributed by atoms with Crippen molar-refractivity contribution < 1.29 is 4.79 Å². The number of hydrogen-bond donors (Lipinski definition) is 0. The van der Waals surface area contributed by atoms with Gasteiger partial charge in [-0.25, -0.2) is 4.99 Å². The van der Waals surface area contributed by atoms with Gasteiger partial charge in [-0.05, 0) is 74.5 Å². The van der Waals surface area contributed by atoms with Gasteiger partial charge < -0.3 is 4.57 Å². The lowest BCUT2D eigenvalue weighted by molar-refractivity contribution is -0.113. The molecule has 3 aromatic rings. The van der Waals surface area contributed by atoms with Crippen molar-refractivity contribution in [3.63, 3.8) is 0 Å². The Balaban J connectivity index is 1.78. The summed E-state index contributed by atoms with van der Waals surface area (Å²) in [7, 11) is 0. The minimum absolute atomic E-state index is 0.0443. The fourth-order valence-electron chi connectivity index (χ4n) is 3.57. The van der Waals surface area contributed by atoms with Crippen molar-refractivity contribution in [3.05, 3.63) is 88.6 Å². The van der Waals surface area contributed by atoms with Crippen LogP contribution in [0.2, 0.25) is 0 Å². The highest BCUT2D eigenvalue weighted by Crippen LogP contribution is 2.37. The molecule has 1 aliphatic heterocycles. The van der Waals surface area contributed by atoms with E-state index >= 15 is 0 Å². The molecule has 1 fully saturated rings. The molecule has 4 rings (SSSR count). The molecular weight excluding hydrogens is 378 g/mol. The molecular formula is C24H23N3OS. The number of benzene rings is 2.